The minimum Gasteiger partial charge on any atom is -0.268 e. The van der Waals surface area contributed by atoms with Crippen LogP contribution in [0.1, 0.15) is 26.4 Å². The van der Waals surface area contributed by atoms with E-state index in [0.717, 1.165) is 4.90 Å². The Morgan fingerprint density at radius 2 is 1.95 bits per heavy atom. The summed E-state index contributed by atoms with van der Waals surface area (Å²) >= 11 is 0. The highest BCUT2D eigenvalue weighted by Gasteiger charge is 2.38. The van der Waals surface area contributed by atoms with E-state index in [4.69, 9.17) is 0 Å². The summed E-state index contributed by atoms with van der Waals surface area (Å²) in [6.07, 6.45) is 1.45. The first-order valence-corrected chi connectivity index (χ1v) is 5.69. The molecule has 1 aliphatic rings. The molecule has 0 N–H and O–H groups in total. The average molecular weight is 256 g/mol. The largest absolute Gasteiger partial charge is 0.284 e. The van der Waals surface area contributed by atoms with Crippen LogP contribution in [0.2, 0.25) is 0 Å². The van der Waals surface area contributed by atoms with Crippen molar-refractivity contribution in [3.63, 3.8) is 0 Å². The van der Waals surface area contributed by atoms with Gasteiger partial charge in [-0.05, 0) is 36.8 Å². The van der Waals surface area contributed by atoms with E-state index in [9.17, 15) is 14.0 Å². The number of hydrogen-bond acceptors (Lipinski definition) is 3. The van der Waals surface area contributed by atoms with Crippen molar-refractivity contribution in [2.24, 2.45) is 0 Å². The fourth-order valence-electron chi connectivity index (χ4n) is 2.11. The highest BCUT2D eigenvalue weighted by Crippen LogP contribution is 2.29. The Balaban J connectivity index is 2.17. The molecule has 1 aromatic carbocycles. The van der Waals surface area contributed by atoms with Crippen molar-refractivity contribution in [1.29, 1.82) is 0 Å². The molecule has 3 rings (SSSR count). The van der Waals surface area contributed by atoms with E-state index in [2.05, 4.69) is 4.98 Å². The molecular formula is C14H9FN2O2. The number of aryl methyl sites for hydroxylation is 1. The number of anilines is 1. The highest BCUT2D eigenvalue weighted by molar-refractivity contribution is 6.33. The number of carbonyl (C=O) groups is 2. The molecule has 0 bridgehead atoms. The molecule has 0 aliphatic carbocycles. The van der Waals surface area contributed by atoms with Gasteiger partial charge in [0.1, 0.15) is 11.5 Å². The topological polar surface area (TPSA) is 50.3 Å². The maximum absolute atomic E-state index is 13.3. The number of aromatic nitrogens is 1. The van der Waals surface area contributed by atoms with Crippen LogP contribution in [0.4, 0.5) is 10.1 Å². The normalized spacial score (nSPS) is 13.9. The zero-order valence-corrected chi connectivity index (χ0v) is 10.1. The van der Waals surface area contributed by atoms with Gasteiger partial charge in [-0.1, -0.05) is 6.07 Å². The van der Waals surface area contributed by atoms with Crippen molar-refractivity contribution in [3.05, 3.63) is 59.2 Å². The van der Waals surface area contributed by atoms with Crippen LogP contribution >= 0.6 is 0 Å². The molecule has 0 fully saturated rings. The number of carbonyl (C=O) groups excluding carboxylic acids is 2. The molecular weight excluding hydrogens is 247 g/mol. The molecule has 4 nitrogen and oxygen atoms in total. The Morgan fingerprint density at radius 1 is 1.16 bits per heavy atom. The lowest BCUT2D eigenvalue weighted by atomic mass is 10.2. The van der Waals surface area contributed by atoms with Crippen LogP contribution in [0.15, 0.2) is 36.5 Å². The third-order valence-corrected chi connectivity index (χ3v) is 3.06. The van der Waals surface area contributed by atoms with Crippen molar-refractivity contribution in [2.45, 2.75) is 6.92 Å². The third kappa shape index (κ3) is 1.62. The SMILES string of the molecule is Cc1ccc(F)cc1N1C(=O)c2cccnc2C1=O. The van der Waals surface area contributed by atoms with Gasteiger partial charge in [0.25, 0.3) is 11.8 Å². The minimum absolute atomic E-state index is 0.108. The van der Waals surface area contributed by atoms with Crippen molar-refractivity contribution in [1.82, 2.24) is 4.98 Å². The molecule has 19 heavy (non-hydrogen) atoms. The number of amides is 2. The lowest BCUT2D eigenvalue weighted by Gasteiger charge is -2.16. The number of nitrogens with zero attached hydrogens (tertiary/aromatic N) is 2. The van der Waals surface area contributed by atoms with Crippen molar-refractivity contribution in [3.8, 4) is 0 Å². The molecule has 0 spiro atoms. The number of benzene rings is 1. The molecule has 0 radical (unpaired) electrons. The van der Waals surface area contributed by atoms with E-state index in [1.165, 1.54) is 30.5 Å². The summed E-state index contributed by atoms with van der Waals surface area (Å²) in [5, 5.41) is 0. The predicted octanol–water partition coefficient (Wildman–Crippen LogP) is 2.33. The van der Waals surface area contributed by atoms with E-state index in [1.807, 2.05) is 0 Å². The smallest absolute Gasteiger partial charge is 0.268 e. The molecule has 5 heteroatoms. The van der Waals surface area contributed by atoms with Crippen LogP contribution in [-0.4, -0.2) is 16.8 Å². The Labute approximate surface area is 108 Å². The molecule has 0 saturated heterocycles. The number of halogens is 1. The summed E-state index contributed by atoms with van der Waals surface area (Å²) in [5.41, 5.74) is 1.26. The first kappa shape index (κ1) is 11.5. The molecule has 0 atom stereocenters. The summed E-state index contributed by atoms with van der Waals surface area (Å²) in [4.78, 5) is 29.3. The van der Waals surface area contributed by atoms with Crippen LogP contribution in [-0.2, 0) is 0 Å². The lowest BCUT2D eigenvalue weighted by molar-refractivity contribution is 0.0924. The Hall–Kier alpha value is -2.56. The van der Waals surface area contributed by atoms with Gasteiger partial charge < -0.3 is 0 Å². The van der Waals surface area contributed by atoms with Gasteiger partial charge in [-0.3, -0.25) is 14.6 Å². The van der Waals surface area contributed by atoms with Gasteiger partial charge in [0, 0.05) is 6.20 Å². The van der Waals surface area contributed by atoms with Crippen molar-refractivity contribution >= 4 is 17.5 Å². The number of rotatable bonds is 1. The fraction of sp³-hybridized carbons (Fsp3) is 0.0714. The number of pyridine rings is 1. The van der Waals surface area contributed by atoms with Crippen LogP contribution in [0.5, 0.6) is 0 Å². The van der Waals surface area contributed by atoms with Crippen LogP contribution in [0.25, 0.3) is 0 Å². The van der Waals surface area contributed by atoms with Gasteiger partial charge in [-0.25, -0.2) is 9.29 Å². The second-order valence-electron chi connectivity index (χ2n) is 4.28. The zero-order valence-electron chi connectivity index (χ0n) is 10.1. The van der Waals surface area contributed by atoms with E-state index in [1.54, 1.807) is 13.0 Å². The molecule has 0 saturated carbocycles. The van der Waals surface area contributed by atoms with Gasteiger partial charge in [-0.15, -0.1) is 0 Å². The second-order valence-corrected chi connectivity index (χ2v) is 4.28. The Morgan fingerprint density at radius 3 is 2.68 bits per heavy atom. The van der Waals surface area contributed by atoms with E-state index in [0.29, 0.717) is 5.56 Å². The quantitative estimate of drug-likeness (QED) is 0.736. The Kier molecular flexibility index (Phi) is 2.41. The first-order valence-electron chi connectivity index (χ1n) is 5.69. The van der Waals surface area contributed by atoms with E-state index < -0.39 is 17.6 Å². The average Bonchev–Trinajstić information content (AvgIpc) is 2.66. The molecule has 94 valence electrons. The number of fused-ring (bicyclic) bond motifs is 1. The van der Waals surface area contributed by atoms with E-state index in [-0.39, 0.29) is 16.9 Å². The van der Waals surface area contributed by atoms with E-state index >= 15 is 0 Å². The maximum atomic E-state index is 13.3. The summed E-state index contributed by atoms with van der Waals surface area (Å²) in [7, 11) is 0. The standard InChI is InChI=1S/C14H9FN2O2/c1-8-4-5-9(15)7-11(8)17-13(18)10-3-2-6-16-12(10)14(17)19/h2-7H,1H3. The molecule has 2 heterocycles. The van der Waals surface area contributed by atoms with Gasteiger partial charge >= 0.3 is 0 Å². The van der Waals surface area contributed by atoms with Gasteiger partial charge in [0.15, 0.2) is 0 Å². The number of hydrogen-bond donors (Lipinski definition) is 0. The predicted molar refractivity (Wildman–Crippen MR) is 66.5 cm³/mol. The maximum Gasteiger partial charge on any atom is 0.284 e. The summed E-state index contributed by atoms with van der Waals surface area (Å²) in [6.45, 7) is 1.71. The van der Waals surface area contributed by atoms with Crippen molar-refractivity contribution < 1.29 is 14.0 Å². The zero-order chi connectivity index (χ0) is 13.6. The fourth-order valence-corrected chi connectivity index (χ4v) is 2.11. The Bertz CT molecular complexity index is 677. The summed E-state index contributed by atoms with van der Waals surface area (Å²) < 4.78 is 13.3. The third-order valence-electron chi connectivity index (χ3n) is 3.06. The van der Waals surface area contributed by atoms with Crippen LogP contribution in [0, 0.1) is 12.7 Å². The monoisotopic (exact) mass is 256 g/mol. The lowest BCUT2D eigenvalue weighted by Crippen LogP contribution is -2.30. The van der Waals surface area contributed by atoms with Gasteiger partial charge in [0.2, 0.25) is 0 Å². The minimum atomic E-state index is -0.519. The molecule has 2 amide bonds. The molecule has 2 aromatic rings. The highest BCUT2D eigenvalue weighted by atomic mass is 19.1. The molecule has 1 aliphatic heterocycles. The molecule has 0 unspecified atom stereocenters. The summed E-state index contributed by atoms with van der Waals surface area (Å²) in [5.74, 6) is -1.48. The summed E-state index contributed by atoms with van der Waals surface area (Å²) in [6, 6.07) is 7.12. The van der Waals surface area contributed by atoms with Crippen molar-refractivity contribution in [2.75, 3.05) is 4.90 Å². The second kappa shape index (κ2) is 3.98. The van der Waals surface area contributed by atoms with Gasteiger partial charge in [-0.2, -0.15) is 0 Å². The van der Waals surface area contributed by atoms with Gasteiger partial charge in [0.05, 0.1) is 11.3 Å². The van der Waals surface area contributed by atoms with Crippen LogP contribution < -0.4 is 4.90 Å². The first-order chi connectivity index (χ1) is 9.09. The van der Waals surface area contributed by atoms with Crippen LogP contribution in [0.3, 0.4) is 0 Å². The number of imide groups is 1. The molecule has 1 aromatic heterocycles.